The normalized spacial score (nSPS) is 11.6. The van der Waals surface area contributed by atoms with Crippen LogP contribution in [0.25, 0.3) is 5.69 Å². The maximum absolute atomic E-state index is 12.7. The molecule has 1 atom stereocenters. The summed E-state index contributed by atoms with van der Waals surface area (Å²) in [5, 5.41) is 17.0. The third kappa shape index (κ3) is 4.93. The number of ether oxygens (including phenoxy) is 1. The smallest absolute Gasteiger partial charge is 0.292 e. The van der Waals surface area contributed by atoms with E-state index in [4.69, 9.17) is 33.2 Å². The lowest BCUT2D eigenvalue weighted by Gasteiger charge is -2.13. The van der Waals surface area contributed by atoms with Gasteiger partial charge < -0.3 is 10.1 Å². The van der Waals surface area contributed by atoms with Gasteiger partial charge in [0.2, 0.25) is 0 Å². The van der Waals surface area contributed by atoms with Crippen LogP contribution in [0.1, 0.15) is 24.5 Å². The third-order valence-corrected chi connectivity index (χ3v) is 5.27. The predicted octanol–water partition coefficient (Wildman–Crippen LogP) is 5.14. The average Bonchev–Trinajstić information content (AvgIpc) is 2.75. The molecule has 6 nitrogen and oxygen atoms in total. The number of nitriles is 1. The third-order valence-electron chi connectivity index (χ3n) is 4.49. The number of anilines is 1. The second-order valence-electron chi connectivity index (χ2n) is 6.67. The minimum absolute atomic E-state index is 0.0321. The fourth-order valence-electron chi connectivity index (χ4n) is 2.74. The summed E-state index contributed by atoms with van der Waals surface area (Å²) in [6.07, 6.45) is 1.61. The van der Waals surface area contributed by atoms with Crippen molar-refractivity contribution in [3.63, 3.8) is 0 Å². The van der Waals surface area contributed by atoms with E-state index in [0.717, 1.165) is 11.1 Å². The number of aromatic nitrogens is 2. The van der Waals surface area contributed by atoms with Gasteiger partial charge in [-0.15, -0.1) is 0 Å². The van der Waals surface area contributed by atoms with Crippen molar-refractivity contribution < 1.29 is 4.74 Å². The Morgan fingerprint density at radius 3 is 2.77 bits per heavy atom. The van der Waals surface area contributed by atoms with Crippen molar-refractivity contribution in [3.05, 3.63) is 80.2 Å². The van der Waals surface area contributed by atoms with Crippen LogP contribution < -0.4 is 15.6 Å². The molecule has 0 saturated carbocycles. The molecule has 0 bridgehead atoms. The van der Waals surface area contributed by atoms with Crippen molar-refractivity contribution in [1.82, 2.24) is 9.78 Å². The van der Waals surface area contributed by atoms with Gasteiger partial charge in [0.05, 0.1) is 17.6 Å². The number of rotatable bonds is 7. The van der Waals surface area contributed by atoms with Crippen LogP contribution in [0.15, 0.2) is 53.5 Å². The number of hydrogen-bond donors (Lipinski definition) is 1. The second kappa shape index (κ2) is 9.66. The Balaban J connectivity index is 1.77. The highest BCUT2D eigenvalue weighted by atomic mass is 35.5. The molecule has 2 aromatic carbocycles. The summed E-state index contributed by atoms with van der Waals surface area (Å²) in [4.78, 5) is 12.7. The maximum atomic E-state index is 12.7. The van der Waals surface area contributed by atoms with Crippen LogP contribution in [0.2, 0.25) is 10.0 Å². The van der Waals surface area contributed by atoms with Gasteiger partial charge in [0.1, 0.15) is 16.8 Å². The zero-order valence-electron chi connectivity index (χ0n) is 16.5. The lowest BCUT2D eigenvalue weighted by molar-refractivity contribution is 0.251. The molecular formula is C22H20Cl2N4O2. The van der Waals surface area contributed by atoms with Crippen molar-refractivity contribution in [2.24, 2.45) is 0 Å². The number of aryl methyl sites for hydroxylation is 1. The number of nitrogens with one attached hydrogen (secondary N) is 1. The van der Waals surface area contributed by atoms with E-state index in [9.17, 15) is 4.79 Å². The fourth-order valence-corrected chi connectivity index (χ4v) is 3.12. The molecule has 1 heterocycles. The van der Waals surface area contributed by atoms with Crippen molar-refractivity contribution >= 4 is 28.9 Å². The summed E-state index contributed by atoms with van der Waals surface area (Å²) >= 11 is 12.4. The van der Waals surface area contributed by atoms with E-state index >= 15 is 0 Å². The van der Waals surface area contributed by atoms with Gasteiger partial charge in [-0.25, -0.2) is 0 Å². The summed E-state index contributed by atoms with van der Waals surface area (Å²) in [5.41, 5.74) is 2.33. The molecule has 0 spiro atoms. The van der Waals surface area contributed by atoms with Gasteiger partial charge in [-0.05, 0) is 48.7 Å². The number of halogens is 2. The molecule has 0 aliphatic carbocycles. The SMILES string of the molecule is CCC(C#N)Oc1cccc(CNc2cnn(-c3ccc(C)c(Cl)c3)c(=O)c2Cl)c1. The quantitative estimate of drug-likeness (QED) is 0.547. The van der Waals surface area contributed by atoms with Gasteiger partial charge in [-0.2, -0.15) is 15.0 Å². The second-order valence-corrected chi connectivity index (χ2v) is 7.45. The molecule has 0 amide bonds. The molecule has 0 saturated heterocycles. The van der Waals surface area contributed by atoms with Crippen LogP contribution >= 0.6 is 23.2 Å². The highest BCUT2D eigenvalue weighted by Crippen LogP contribution is 2.22. The van der Waals surface area contributed by atoms with E-state index in [0.29, 0.717) is 35.1 Å². The monoisotopic (exact) mass is 442 g/mol. The first-order valence-electron chi connectivity index (χ1n) is 9.36. The Morgan fingerprint density at radius 1 is 1.27 bits per heavy atom. The molecule has 30 heavy (non-hydrogen) atoms. The minimum atomic E-state index is -0.491. The Morgan fingerprint density at radius 2 is 2.07 bits per heavy atom. The molecule has 1 unspecified atom stereocenters. The van der Waals surface area contributed by atoms with Crippen molar-refractivity contribution in [2.45, 2.75) is 32.9 Å². The molecule has 0 fully saturated rings. The largest absolute Gasteiger partial charge is 0.476 e. The lowest BCUT2D eigenvalue weighted by atomic mass is 10.2. The topological polar surface area (TPSA) is 79.9 Å². The highest BCUT2D eigenvalue weighted by Gasteiger charge is 2.12. The van der Waals surface area contributed by atoms with E-state index in [1.165, 1.54) is 10.9 Å². The van der Waals surface area contributed by atoms with E-state index < -0.39 is 11.7 Å². The molecule has 154 valence electrons. The standard InChI is InChI=1S/C22H20Cl2N4O2/c1-3-17(11-25)30-18-6-4-5-15(9-18)12-26-20-13-27-28(22(29)21(20)24)16-8-7-14(2)19(23)10-16/h4-10,13,17,26H,3,12H2,1-2H3. The predicted molar refractivity (Wildman–Crippen MR) is 119 cm³/mol. The Labute approximate surface area is 184 Å². The molecular weight excluding hydrogens is 423 g/mol. The van der Waals surface area contributed by atoms with Crippen molar-refractivity contribution in [1.29, 1.82) is 5.26 Å². The van der Waals surface area contributed by atoms with Crippen molar-refractivity contribution in [2.75, 3.05) is 5.32 Å². The number of benzene rings is 2. The average molecular weight is 443 g/mol. The summed E-state index contributed by atoms with van der Waals surface area (Å²) in [6, 6.07) is 14.7. The van der Waals surface area contributed by atoms with E-state index in [1.807, 2.05) is 38.1 Å². The number of nitrogens with zero attached hydrogens (tertiary/aromatic N) is 3. The molecule has 0 aliphatic rings. The van der Waals surface area contributed by atoms with E-state index in [-0.39, 0.29) is 5.02 Å². The molecule has 8 heteroatoms. The Bertz CT molecular complexity index is 1150. The summed E-state index contributed by atoms with van der Waals surface area (Å²) < 4.78 is 6.85. The Kier molecular flexibility index (Phi) is 6.99. The molecule has 0 radical (unpaired) electrons. The van der Waals surface area contributed by atoms with Crippen LogP contribution in [0.3, 0.4) is 0 Å². The van der Waals surface area contributed by atoms with Crippen LogP contribution in [0.5, 0.6) is 5.75 Å². The lowest BCUT2D eigenvalue weighted by Crippen LogP contribution is -2.22. The van der Waals surface area contributed by atoms with E-state index in [1.54, 1.807) is 18.2 Å². The number of hydrogen-bond acceptors (Lipinski definition) is 5. The van der Waals surface area contributed by atoms with Crippen LogP contribution in [-0.4, -0.2) is 15.9 Å². The van der Waals surface area contributed by atoms with Gasteiger partial charge in [0.25, 0.3) is 5.56 Å². The van der Waals surface area contributed by atoms with Crippen LogP contribution in [0, 0.1) is 18.3 Å². The van der Waals surface area contributed by atoms with Gasteiger partial charge in [0, 0.05) is 11.6 Å². The summed E-state index contributed by atoms with van der Waals surface area (Å²) in [7, 11) is 0. The first-order chi connectivity index (χ1) is 14.4. The molecule has 1 aromatic heterocycles. The van der Waals surface area contributed by atoms with E-state index in [2.05, 4.69) is 16.5 Å². The zero-order chi connectivity index (χ0) is 21.7. The fraction of sp³-hybridized carbons (Fsp3) is 0.227. The van der Waals surface area contributed by atoms with Crippen LogP contribution in [0.4, 0.5) is 5.69 Å². The zero-order valence-corrected chi connectivity index (χ0v) is 18.0. The van der Waals surface area contributed by atoms with Gasteiger partial charge >= 0.3 is 0 Å². The van der Waals surface area contributed by atoms with Gasteiger partial charge in [-0.3, -0.25) is 4.79 Å². The van der Waals surface area contributed by atoms with Crippen LogP contribution in [-0.2, 0) is 6.54 Å². The molecule has 3 rings (SSSR count). The maximum Gasteiger partial charge on any atom is 0.292 e. The minimum Gasteiger partial charge on any atom is -0.476 e. The molecule has 0 aliphatic heterocycles. The first-order valence-corrected chi connectivity index (χ1v) is 10.1. The van der Waals surface area contributed by atoms with Crippen molar-refractivity contribution in [3.8, 4) is 17.5 Å². The molecule has 1 N–H and O–H groups in total. The van der Waals surface area contributed by atoms with Gasteiger partial charge in [0.15, 0.2) is 6.10 Å². The molecule has 3 aromatic rings. The summed E-state index contributed by atoms with van der Waals surface area (Å²) in [6.45, 7) is 4.17. The van der Waals surface area contributed by atoms with Gasteiger partial charge in [-0.1, -0.05) is 48.3 Å². The Hall–Kier alpha value is -3.01. The first kappa shape index (κ1) is 21.7. The highest BCUT2D eigenvalue weighted by molar-refractivity contribution is 6.33. The summed E-state index contributed by atoms with van der Waals surface area (Å²) in [5.74, 6) is 0.610.